The quantitative estimate of drug-likeness (QED) is 0.187. The maximum Gasteiger partial charge on any atom is 0.136 e. The van der Waals surface area contributed by atoms with Gasteiger partial charge in [0.05, 0.1) is 11.0 Å². The van der Waals surface area contributed by atoms with Crippen LogP contribution in [0.5, 0.6) is 0 Å². The van der Waals surface area contributed by atoms with E-state index < -0.39 is 0 Å². The maximum absolute atomic E-state index is 6.52. The molecule has 0 aliphatic carbocycles. The van der Waals surface area contributed by atoms with Gasteiger partial charge < -0.3 is 20.0 Å². The predicted molar refractivity (Wildman–Crippen MR) is 157 cm³/mol. The average molecular weight is 500 g/mol. The van der Waals surface area contributed by atoms with Gasteiger partial charge >= 0.3 is 0 Å². The number of aromatic nitrogens is 1. The Labute approximate surface area is 220 Å². The molecule has 0 bridgehead atoms. The molecule has 38 heavy (non-hydrogen) atoms. The predicted octanol–water partition coefficient (Wildman–Crippen LogP) is 6.50. The summed E-state index contributed by atoms with van der Waals surface area (Å²) in [5.74, 6) is 0.560. The van der Waals surface area contributed by atoms with Crippen LogP contribution in [0.25, 0.3) is 49.4 Å². The van der Waals surface area contributed by atoms with Crippen LogP contribution >= 0.6 is 0 Å². The fourth-order valence-electron chi connectivity index (χ4n) is 5.64. The highest BCUT2D eigenvalue weighted by Crippen LogP contribution is 2.41. The topological polar surface area (TPSA) is 80.5 Å². The number of rotatable bonds is 5. The molecule has 0 fully saturated rings. The number of nitrogens with zero attached hydrogens (tertiary/aromatic N) is 2. The monoisotopic (exact) mass is 499 g/mol. The van der Waals surface area contributed by atoms with E-state index in [0.717, 1.165) is 62.8 Å². The molecule has 3 heterocycles. The number of fused-ring (bicyclic) bond motifs is 7. The molecule has 1 aliphatic heterocycles. The molecule has 4 aromatic carbocycles. The van der Waals surface area contributed by atoms with Crippen LogP contribution in [0.1, 0.15) is 30.6 Å². The molecule has 1 aliphatic rings. The van der Waals surface area contributed by atoms with Gasteiger partial charge in [-0.2, -0.15) is 0 Å². The van der Waals surface area contributed by atoms with Crippen molar-refractivity contribution in [3.8, 4) is 5.69 Å². The van der Waals surface area contributed by atoms with E-state index in [4.69, 9.17) is 10.2 Å². The molecule has 6 heteroatoms. The third-order valence-corrected chi connectivity index (χ3v) is 7.33. The van der Waals surface area contributed by atoms with Gasteiger partial charge in [0.1, 0.15) is 23.2 Å². The summed E-state index contributed by atoms with van der Waals surface area (Å²) >= 11 is 0. The van der Waals surface area contributed by atoms with Gasteiger partial charge in [-0.25, -0.2) is 0 Å². The Morgan fingerprint density at radius 3 is 2.63 bits per heavy atom. The lowest BCUT2D eigenvalue weighted by Crippen LogP contribution is -2.35. The molecule has 0 saturated heterocycles. The first kappa shape index (κ1) is 22.6. The van der Waals surface area contributed by atoms with Gasteiger partial charge in [-0.05, 0) is 60.6 Å². The molecule has 0 amide bonds. The first-order valence-corrected chi connectivity index (χ1v) is 13.2. The first-order valence-electron chi connectivity index (χ1n) is 13.2. The van der Waals surface area contributed by atoms with Crippen LogP contribution in [0.3, 0.4) is 0 Å². The van der Waals surface area contributed by atoms with Gasteiger partial charge in [0, 0.05) is 45.9 Å². The van der Waals surface area contributed by atoms with Crippen molar-refractivity contribution in [1.29, 1.82) is 0 Å². The molecular formula is C32H29N5O. The van der Waals surface area contributed by atoms with E-state index in [2.05, 4.69) is 99.9 Å². The van der Waals surface area contributed by atoms with Crippen LogP contribution in [0.15, 0.2) is 101 Å². The van der Waals surface area contributed by atoms with Crippen LogP contribution in [0, 0.1) is 0 Å². The van der Waals surface area contributed by atoms with Gasteiger partial charge in [0.2, 0.25) is 0 Å². The summed E-state index contributed by atoms with van der Waals surface area (Å²) in [6.07, 6.45) is 5.01. The lowest BCUT2D eigenvalue weighted by molar-refractivity contribution is 0.498. The molecule has 0 radical (unpaired) electrons. The zero-order valence-corrected chi connectivity index (χ0v) is 21.2. The molecule has 6 nitrogen and oxygen atoms in total. The van der Waals surface area contributed by atoms with E-state index in [1.54, 1.807) is 0 Å². The minimum Gasteiger partial charge on any atom is -0.456 e. The van der Waals surface area contributed by atoms with Crippen LogP contribution in [0.2, 0.25) is 0 Å². The van der Waals surface area contributed by atoms with Crippen molar-refractivity contribution in [2.24, 2.45) is 10.7 Å². The van der Waals surface area contributed by atoms with Crippen LogP contribution in [-0.2, 0) is 0 Å². The summed E-state index contributed by atoms with van der Waals surface area (Å²) in [5, 5.41) is 11.6. The van der Waals surface area contributed by atoms with Gasteiger partial charge in [-0.1, -0.05) is 49.4 Å². The van der Waals surface area contributed by atoms with Crippen molar-refractivity contribution >= 4 is 49.6 Å². The number of para-hydroxylation sites is 2. The Balaban J connectivity index is 1.55. The average Bonchev–Trinajstić information content (AvgIpc) is 3.51. The van der Waals surface area contributed by atoms with Gasteiger partial charge in [-0.3, -0.25) is 10.3 Å². The highest BCUT2D eigenvalue weighted by molar-refractivity contribution is 6.27. The standard InChI is InChI=1S/C32H29N5O/c1-2-14-34-31(33)20-17-21(32-35-15-7-16-36-32)19-22(18-20)37-25-10-5-3-8-23(25)29-26(37)12-13-28-30(29)24-9-4-6-11-27(24)38-28/h3-13,15,17-19,32,35-36H,2,14,16H2,1H3,(H2,33,34). The largest absolute Gasteiger partial charge is 0.456 e. The Morgan fingerprint density at radius 2 is 1.79 bits per heavy atom. The molecule has 0 saturated carbocycles. The molecule has 6 aromatic rings. The molecular weight excluding hydrogens is 470 g/mol. The zero-order chi connectivity index (χ0) is 25.6. The molecule has 1 unspecified atom stereocenters. The van der Waals surface area contributed by atoms with Crippen LogP contribution in [-0.4, -0.2) is 23.5 Å². The van der Waals surface area contributed by atoms with E-state index in [1.807, 2.05) is 18.3 Å². The Bertz CT molecular complexity index is 1890. The third-order valence-electron chi connectivity index (χ3n) is 7.33. The van der Waals surface area contributed by atoms with E-state index >= 15 is 0 Å². The van der Waals surface area contributed by atoms with E-state index in [0.29, 0.717) is 12.4 Å². The highest BCUT2D eigenvalue weighted by atomic mass is 16.3. The van der Waals surface area contributed by atoms with Crippen molar-refractivity contribution in [1.82, 2.24) is 15.2 Å². The van der Waals surface area contributed by atoms with E-state index in [9.17, 15) is 0 Å². The molecule has 0 spiro atoms. The summed E-state index contributed by atoms with van der Waals surface area (Å²) < 4.78 is 8.58. The summed E-state index contributed by atoms with van der Waals surface area (Å²) in [5.41, 5.74) is 13.7. The second-order valence-electron chi connectivity index (χ2n) is 9.77. The molecule has 1 atom stereocenters. The van der Waals surface area contributed by atoms with Crippen molar-refractivity contribution in [2.75, 3.05) is 13.1 Å². The van der Waals surface area contributed by atoms with E-state index in [-0.39, 0.29) is 6.17 Å². The number of benzene rings is 4. The first-order chi connectivity index (χ1) is 18.7. The maximum atomic E-state index is 6.52. The van der Waals surface area contributed by atoms with Crippen molar-refractivity contribution in [3.05, 3.63) is 102 Å². The molecule has 4 N–H and O–H groups in total. The number of furan rings is 1. The molecule has 188 valence electrons. The van der Waals surface area contributed by atoms with Gasteiger partial charge in [0.15, 0.2) is 0 Å². The van der Waals surface area contributed by atoms with E-state index in [1.165, 1.54) is 10.8 Å². The van der Waals surface area contributed by atoms with Crippen molar-refractivity contribution in [3.63, 3.8) is 0 Å². The number of aliphatic imine (C=N–C) groups is 1. The lowest BCUT2D eigenvalue weighted by Gasteiger charge is -2.24. The number of nitrogens with two attached hydrogens (primary N) is 1. The number of hydrogen-bond acceptors (Lipinski definition) is 4. The summed E-state index contributed by atoms with van der Waals surface area (Å²) in [4.78, 5) is 4.63. The Hall–Kier alpha value is -4.55. The summed E-state index contributed by atoms with van der Waals surface area (Å²) in [6, 6.07) is 27.6. The minimum absolute atomic E-state index is 0.0183. The second kappa shape index (κ2) is 9.08. The molecule has 2 aromatic heterocycles. The third kappa shape index (κ3) is 3.56. The highest BCUT2D eigenvalue weighted by Gasteiger charge is 2.20. The van der Waals surface area contributed by atoms with Crippen LogP contribution < -0.4 is 16.4 Å². The van der Waals surface area contributed by atoms with Gasteiger partial charge in [0.25, 0.3) is 0 Å². The SMILES string of the molecule is CCCN=C(N)c1cc(C2NC=CCN2)cc(-n2c3ccccc3c3c4c(ccc32)oc2ccccc24)c1. The number of amidine groups is 1. The van der Waals surface area contributed by atoms with Crippen molar-refractivity contribution in [2.45, 2.75) is 19.5 Å². The fraction of sp³-hybridized carbons (Fsp3) is 0.156. The summed E-state index contributed by atoms with van der Waals surface area (Å²) in [6.45, 7) is 3.62. The minimum atomic E-state index is -0.0183. The van der Waals surface area contributed by atoms with Crippen LogP contribution in [0.4, 0.5) is 0 Å². The number of hydrogen-bond donors (Lipinski definition) is 3. The van der Waals surface area contributed by atoms with Gasteiger partial charge in [-0.15, -0.1) is 0 Å². The Kier molecular flexibility index (Phi) is 5.41. The fourth-order valence-corrected chi connectivity index (χ4v) is 5.64. The van der Waals surface area contributed by atoms with Crippen molar-refractivity contribution < 1.29 is 4.42 Å². The second-order valence-corrected chi connectivity index (χ2v) is 9.77. The normalized spacial score (nSPS) is 16.1. The number of nitrogens with one attached hydrogen (secondary N) is 2. The molecule has 7 rings (SSSR count). The lowest BCUT2D eigenvalue weighted by atomic mass is 10.0. The zero-order valence-electron chi connectivity index (χ0n) is 21.2. The smallest absolute Gasteiger partial charge is 0.136 e. The summed E-state index contributed by atoms with van der Waals surface area (Å²) in [7, 11) is 0. The Morgan fingerprint density at radius 1 is 0.947 bits per heavy atom.